The van der Waals surface area contributed by atoms with Crippen molar-refractivity contribution in [2.24, 2.45) is 10.9 Å². The number of aryl methyl sites for hydroxylation is 1. The summed E-state index contributed by atoms with van der Waals surface area (Å²) in [7, 11) is 0. The van der Waals surface area contributed by atoms with Crippen molar-refractivity contribution < 1.29 is 4.79 Å². The summed E-state index contributed by atoms with van der Waals surface area (Å²) in [6.45, 7) is 6.09. The Labute approximate surface area is 121 Å². The van der Waals surface area contributed by atoms with Crippen LogP contribution in [0.25, 0.3) is 0 Å². The summed E-state index contributed by atoms with van der Waals surface area (Å²) >= 11 is 0. The Morgan fingerprint density at radius 1 is 1.40 bits per heavy atom. The average molecular weight is 274 g/mol. The highest BCUT2D eigenvalue weighted by Gasteiger charge is 2.15. The van der Waals surface area contributed by atoms with Crippen molar-refractivity contribution in [2.75, 3.05) is 0 Å². The first kappa shape index (κ1) is 15.0. The lowest BCUT2D eigenvalue weighted by Gasteiger charge is -2.18. The summed E-state index contributed by atoms with van der Waals surface area (Å²) in [5.74, 6) is 0.199. The predicted molar refractivity (Wildman–Crippen MR) is 81.7 cm³/mol. The highest BCUT2D eigenvalue weighted by atomic mass is 16.2. The second-order valence-electron chi connectivity index (χ2n) is 6.00. The van der Waals surface area contributed by atoms with Crippen molar-refractivity contribution in [3.8, 4) is 0 Å². The molecule has 1 saturated carbocycles. The summed E-state index contributed by atoms with van der Waals surface area (Å²) in [4.78, 5) is 17.3. The molecule has 20 heavy (non-hydrogen) atoms. The number of nitrogens with zero attached hydrogens (tertiary/aromatic N) is 2. The molecule has 1 aliphatic rings. The summed E-state index contributed by atoms with van der Waals surface area (Å²) < 4.78 is 1.75. The Morgan fingerprint density at radius 2 is 2.10 bits per heavy atom. The van der Waals surface area contributed by atoms with E-state index in [9.17, 15) is 4.79 Å². The van der Waals surface area contributed by atoms with Crippen molar-refractivity contribution in [2.45, 2.75) is 65.3 Å². The first-order valence-electron chi connectivity index (χ1n) is 7.89. The van der Waals surface area contributed by atoms with Gasteiger partial charge in [0.15, 0.2) is 0 Å². The standard InChI is InChI=1S/C17H26N2O/c1-4-14(3)17(20)19-11-10-13(2)12-16(19)18-15-8-6-5-7-9-15/h10-12,14-15H,4-9H2,1-3H3. The van der Waals surface area contributed by atoms with Gasteiger partial charge in [0.1, 0.15) is 5.49 Å². The maximum atomic E-state index is 12.5. The van der Waals surface area contributed by atoms with E-state index in [4.69, 9.17) is 4.99 Å². The van der Waals surface area contributed by atoms with Crippen LogP contribution in [0.5, 0.6) is 0 Å². The third kappa shape index (κ3) is 3.59. The third-order valence-electron chi connectivity index (χ3n) is 4.25. The van der Waals surface area contributed by atoms with Gasteiger partial charge >= 0.3 is 0 Å². The molecule has 1 fully saturated rings. The smallest absolute Gasteiger partial charge is 0.235 e. The average Bonchev–Trinajstić information content (AvgIpc) is 2.47. The van der Waals surface area contributed by atoms with Crippen molar-refractivity contribution in [3.05, 3.63) is 29.4 Å². The zero-order valence-electron chi connectivity index (χ0n) is 12.9. The van der Waals surface area contributed by atoms with Crippen LogP contribution in [0.1, 0.15) is 62.7 Å². The molecule has 2 rings (SSSR count). The van der Waals surface area contributed by atoms with E-state index in [1.54, 1.807) is 4.57 Å². The van der Waals surface area contributed by atoms with Crippen LogP contribution in [0, 0.1) is 12.8 Å². The van der Waals surface area contributed by atoms with Gasteiger partial charge in [0, 0.05) is 12.1 Å². The molecule has 1 atom stereocenters. The van der Waals surface area contributed by atoms with Gasteiger partial charge in [-0.3, -0.25) is 14.4 Å². The Bertz CT molecular complexity index is 524. The molecule has 3 heteroatoms. The highest BCUT2D eigenvalue weighted by Crippen LogP contribution is 2.19. The van der Waals surface area contributed by atoms with Gasteiger partial charge < -0.3 is 0 Å². The van der Waals surface area contributed by atoms with Crippen LogP contribution in [0.3, 0.4) is 0 Å². The SMILES string of the molecule is CCC(C)C(=O)n1ccc(C)cc1=NC1CCCCC1. The van der Waals surface area contributed by atoms with E-state index < -0.39 is 0 Å². The number of hydrogen-bond acceptors (Lipinski definition) is 2. The molecule has 1 aromatic rings. The predicted octanol–water partition coefficient (Wildman–Crippen LogP) is 3.72. The molecular weight excluding hydrogens is 248 g/mol. The lowest BCUT2D eigenvalue weighted by Crippen LogP contribution is -2.32. The Balaban J connectivity index is 2.37. The van der Waals surface area contributed by atoms with E-state index in [-0.39, 0.29) is 11.8 Å². The van der Waals surface area contributed by atoms with E-state index in [0.29, 0.717) is 6.04 Å². The van der Waals surface area contributed by atoms with Crippen LogP contribution in [0.4, 0.5) is 0 Å². The van der Waals surface area contributed by atoms with Crippen molar-refractivity contribution >= 4 is 5.91 Å². The normalized spacial score (nSPS) is 19.1. The van der Waals surface area contributed by atoms with Gasteiger partial charge in [0.2, 0.25) is 5.91 Å². The van der Waals surface area contributed by atoms with Crippen LogP contribution in [-0.2, 0) is 0 Å². The first-order valence-corrected chi connectivity index (χ1v) is 7.89. The molecule has 0 saturated heterocycles. The number of hydrogen-bond donors (Lipinski definition) is 0. The van der Waals surface area contributed by atoms with Crippen molar-refractivity contribution in [1.82, 2.24) is 4.57 Å². The van der Waals surface area contributed by atoms with Crippen LogP contribution in [-0.4, -0.2) is 16.5 Å². The minimum atomic E-state index is 0.0445. The lowest BCUT2D eigenvalue weighted by atomic mass is 9.96. The Morgan fingerprint density at radius 3 is 2.75 bits per heavy atom. The van der Waals surface area contributed by atoms with Crippen LogP contribution < -0.4 is 5.49 Å². The topological polar surface area (TPSA) is 34.4 Å². The molecule has 1 aromatic heterocycles. The van der Waals surface area contributed by atoms with Gasteiger partial charge in [-0.1, -0.05) is 33.1 Å². The molecule has 110 valence electrons. The Hall–Kier alpha value is -1.38. The number of rotatable bonds is 3. The minimum absolute atomic E-state index is 0.0445. The van der Waals surface area contributed by atoms with Crippen molar-refractivity contribution in [1.29, 1.82) is 0 Å². The fourth-order valence-corrected chi connectivity index (χ4v) is 2.68. The van der Waals surface area contributed by atoms with E-state index in [0.717, 1.165) is 30.3 Å². The Kier molecular flexibility index (Phi) is 5.16. The molecule has 1 heterocycles. The number of pyridine rings is 1. The zero-order chi connectivity index (χ0) is 14.5. The zero-order valence-corrected chi connectivity index (χ0v) is 12.9. The summed E-state index contributed by atoms with van der Waals surface area (Å²) in [5.41, 5.74) is 2.00. The van der Waals surface area contributed by atoms with Gasteiger partial charge in [0.25, 0.3) is 0 Å². The minimum Gasteiger partial charge on any atom is -0.274 e. The molecule has 0 aliphatic heterocycles. The molecular formula is C17H26N2O. The van der Waals surface area contributed by atoms with E-state index in [1.807, 2.05) is 25.3 Å². The molecule has 1 unspecified atom stereocenters. The van der Waals surface area contributed by atoms with Crippen LogP contribution in [0.15, 0.2) is 23.3 Å². The van der Waals surface area contributed by atoms with Gasteiger partial charge in [-0.15, -0.1) is 0 Å². The number of carbonyl (C=O) groups is 1. The molecule has 0 amide bonds. The maximum Gasteiger partial charge on any atom is 0.235 e. The van der Waals surface area contributed by atoms with E-state index in [1.165, 1.54) is 19.3 Å². The van der Waals surface area contributed by atoms with Crippen LogP contribution in [0.2, 0.25) is 0 Å². The molecule has 0 aromatic carbocycles. The molecule has 1 aliphatic carbocycles. The fourth-order valence-electron chi connectivity index (χ4n) is 2.68. The molecule has 0 N–H and O–H groups in total. The number of carbonyl (C=O) groups excluding carboxylic acids is 1. The molecule has 0 radical (unpaired) electrons. The second-order valence-corrected chi connectivity index (χ2v) is 6.00. The van der Waals surface area contributed by atoms with E-state index in [2.05, 4.69) is 13.8 Å². The van der Waals surface area contributed by atoms with Crippen LogP contribution >= 0.6 is 0 Å². The highest BCUT2D eigenvalue weighted by molar-refractivity contribution is 5.80. The molecule has 3 nitrogen and oxygen atoms in total. The number of aromatic nitrogens is 1. The molecule has 0 bridgehead atoms. The van der Waals surface area contributed by atoms with Gasteiger partial charge in [-0.2, -0.15) is 0 Å². The third-order valence-corrected chi connectivity index (χ3v) is 4.25. The summed E-state index contributed by atoms with van der Waals surface area (Å²) in [6, 6.07) is 4.41. The van der Waals surface area contributed by atoms with Gasteiger partial charge in [-0.25, -0.2) is 0 Å². The maximum absolute atomic E-state index is 12.5. The monoisotopic (exact) mass is 274 g/mol. The second kappa shape index (κ2) is 6.87. The quantitative estimate of drug-likeness (QED) is 0.827. The fraction of sp³-hybridized carbons (Fsp3) is 0.647. The van der Waals surface area contributed by atoms with Gasteiger partial charge in [-0.05, 0) is 43.9 Å². The lowest BCUT2D eigenvalue weighted by molar-refractivity contribution is 0.0835. The summed E-state index contributed by atoms with van der Waals surface area (Å²) in [5, 5.41) is 0. The molecule has 0 spiro atoms. The van der Waals surface area contributed by atoms with Gasteiger partial charge in [0.05, 0.1) is 6.04 Å². The summed E-state index contributed by atoms with van der Waals surface area (Å²) in [6.07, 6.45) is 8.91. The first-order chi connectivity index (χ1) is 9.61. The van der Waals surface area contributed by atoms with Crippen molar-refractivity contribution in [3.63, 3.8) is 0 Å². The van der Waals surface area contributed by atoms with E-state index >= 15 is 0 Å². The largest absolute Gasteiger partial charge is 0.274 e.